The summed E-state index contributed by atoms with van der Waals surface area (Å²) in [6, 6.07) is 11.6. The first-order valence-corrected chi connectivity index (χ1v) is 11.5. The van der Waals surface area contributed by atoms with Gasteiger partial charge in [-0.25, -0.2) is 0 Å². The van der Waals surface area contributed by atoms with Crippen molar-refractivity contribution in [2.75, 3.05) is 33.1 Å². The Morgan fingerprint density at radius 2 is 1.89 bits per heavy atom. The maximum atomic E-state index is 11.0. The molecule has 2 aromatic carbocycles. The number of hydrogen-bond acceptors (Lipinski definition) is 5. The molecule has 28 heavy (non-hydrogen) atoms. The molecule has 0 aliphatic carbocycles. The molecular formula is C20H23Cl2NO4S. The number of halogens is 2. The van der Waals surface area contributed by atoms with E-state index in [-0.39, 0.29) is 12.5 Å². The Kier molecular flexibility index (Phi) is 6.89. The minimum absolute atomic E-state index is 0.113. The predicted octanol–water partition coefficient (Wildman–Crippen LogP) is 4.32. The van der Waals surface area contributed by atoms with Crippen LogP contribution in [0.2, 0.25) is 10.0 Å². The van der Waals surface area contributed by atoms with Crippen LogP contribution in [-0.4, -0.2) is 46.4 Å². The van der Waals surface area contributed by atoms with E-state index in [2.05, 4.69) is 18.0 Å². The van der Waals surface area contributed by atoms with Crippen molar-refractivity contribution in [3.05, 3.63) is 63.1 Å². The largest absolute Gasteiger partial charge is 0.493 e. The van der Waals surface area contributed by atoms with E-state index in [1.807, 2.05) is 24.3 Å². The van der Waals surface area contributed by atoms with Gasteiger partial charge in [0.05, 0.1) is 19.5 Å². The molecule has 2 aromatic rings. The van der Waals surface area contributed by atoms with E-state index in [4.69, 9.17) is 32.1 Å². The molecular weight excluding hydrogens is 421 g/mol. The van der Waals surface area contributed by atoms with Crippen LogP contribution in [0.5, 0.6) is 5.75 Å². The predicted molar refractivity (Wildman–Crippen MR) is 112 cm³/mol. The van der Waals surface area contributed by atoms with Crippen LogP contribution in [0.4, 0.5) is 0 Å². The molecule has 1 aliphatic rings. The zero-order valence-electron chi connectivity index (χ0n) is 15.8. The summed E-state index contributed by atoms with van der Waals surface area (Å²) in [5, 5.41) is 1.38. The molecule has 0 N–H and O–H groups in total. The highest BCUT2D eigenvalue weighted by molar-refractivity contribution is 7.85. The summed E-state index contributed by atoms with van der Waals surface area (Å²) in [5.41, 5.74) is 3.42. The van der Waals surface area contributed by atoms with E-state index >= 15 is 0 Å². The highest BCUT2D eigenvalue weighted by Crippen LogP contribution is 2.38. The molecule has 8 heteroatoms. The Labute approximate surface area is 176 Å². The lowest BCUT2D eigenvalue weighted by Gasteiger charge is -2.33. The van der Waals surface area contributed by atoms with Crippen LogP contribution < -0.4 is 4.74 Å². The summed E-state index contributed by atoms with van der Waals surface area (Å²) >= 11 is 12.6. The quantitative estimate of drug-likeness (QED) is 0.471. The number of ether oxygens (including phenoxy) is 1. The number of nitrogens with zero attached hydrogens (tertiary/aromatic N) is 1. The highest BCUT2D eigenvalue weighted by Gasteiger charge is 2.27. The molecule has 152 valence electrons. The molecule has 0 fully saturated rings. The van der Waals surface area contributed by atoms with Crippen molar-refractivity contribution in [2.45, 2.75) is 18.9 Å². The fourth-order valence-electron chi connectivity index (χ4n) is 3.42. The SMILES string of the molecule is CN1Cc2cc(OCCCOS(C)(=O)=O)ccc2C(c2cc(Cl)ccc2Cl)C1. The van der Waals surface area contributed by atoms with Crippen molar-refractivity contribution < 1.29 is 17.3 Å². The van der Waals surface area contributed by atoms with Crippen LogP contribution >= 0.6 is 23.2 Å². The molecule has 0 saturated carbocycles. The van der Waals surface area contributed by atoms with Gasteiger partial charge in [-0.2, -0.15) is 8.42 Å². The standard InChI is InChI=1S/C20H23Cl2NO4S/c1-23-12-14-10-16(26-8-3-9-27-28(2,24)25)5-6-17(14)19(13-23)18-11-15(21)4-7-20(18)22/h4-7,10-11,19H,3,8-9,12-13H2,1-2H3. The fraction of sp³-hybridized carbons (Fsp3) is 0.400. The third kappa shape index (κ3) is 5.61. The summed E-state index contributed by atoms with van der Waals surface area (Å²) in [6.45, 7) is 2.17. The van der Waals surface area contributed by atoms with E-state index in [9.17, 15) is 8.42 Å². The van der Waals surface area contributed by atoms with E-state index in [1.54, 1.807) is 6.07 Å². The van der Waals surface area contributed by atoms with Gasteiger partial charge in [-0.15, -0.1) is 0 Å². The van der Waals surface area contributed by atoms with Crippen molar-refractivity contribution in [1.29, 1.82) is 0 Å². The molecule has 0 aromatic heterocycles. The lowest BCUT2D eigenvalue weighted by atomic mass is 9.84. The van der Waals surface area contributed by atoms with Gasteiger partial charge in [0.1, 0.15) is 5.75 Å². The summed E-state index contributed by atoms with van der Waals surface area (Å²) in [5.74, 6) is 0.890. The average molecular weight is 444 g/mol. The Morgan fingerprint density at radius 3 is 2.64 bits per heavy atom. The van der Waals surface area contributed by atoms with Crippen LogP contribution in [-0.2, 0) is 20.8 Å². The van der Waals surface area contributed by atoms with Crippen molar-refractivity contribution >= 4 is 33.3 Å². The van der Waals surface area contributed by atoms with E-state index in [0.29, 0.717) is 23.1 Å². The molecule has 5 nitrogen and oxygen atoms in total. The third-order valence-electron chi connectivity index (χ3n) is 4.61. The number of hydrogen-bond donors (Lipinski definition) is 0. The lowest BCUT2D eigenvalue weighted by Crippen LogP contribution is -2.31. The van der Waals surface area contributed by atoms with Gasteiger partial charge in [-0.1, -0.05) is 29.3 Å². The van der Waals surface area contributed by atoms with E-state index < -0.39 is 10.1 Å². The second kappa shape index (κ2) is 9.01. The summed E-state index contributed by atoms with van der Waals surface area (Å²) in [7, 11) is -1.33. The van der Waals surface area contributed by atoms with Crippen LogP contribution in [0.15, 0.2) is 36.4 Å². The molecule has 1 unspecified atom stereocenters. The number of likely N-dealkylation sites (N-methyl/N-ethyl adjacent to an activating group) is 1. The minimum Gasteiger partial charge on any atom is -0.493 e. The van der Waals surface area contributed by atoms with Gasteiger partial charge >= 0.3 is 0 Å². The zero-order valence-corrected chi connectivity index (χ0v) is 18.1. The van der Waals surface area contributed by atoms with Gasteiger partial charge < -0.3 is 9.64 Å². The maximum Gasteiger partial charge on any atom is 0.264 e. The van der Waals surface area contributed by atoms with Gasteiger partial charge in [-0.05, 0) is 54.1 Å². The molecule has 0 saturated heterocycles. The smallest absolute Gasteiger partial charge is 0.264 e. The Balaban J connectivity index is 1.73. The number of fused-ring (bicyclic) bond motifs is 1. The van der Waals surface area contributed by atoms with Crippen LogP contribution in [0, 0.1) is 0 Å². The fourth-order valence-corrected chi connectivity index (χ4v) is 4.27. The molecule has 0 bridgehead atoms. The van der Waals surface area contributed by atoms with E-state index in [1.165, 1.54) is 11.1 Å². The van der Waals surface area contributed by atoms with E-state index in [0.717, 1.165) is 30.7 Å². The van der Waals surface area contributed by atoms with Crippen LogP contribution in [0.3, 0.4) is 0 Å². The normalized spacial score (nSPS) is 17.4. The number of benzene rings is 2. The maximum absolute atomic E-state index is 11.0. The molecule has 1 atom stereocenters. The minimum atomic E-state index is -3.41. The Hall–Kier alpha value is -1.31. The van der Waals surface area contributed by atoms with Gasteiger partial charge in [0.15, 0.2) is 0 Å². The average Bonchev–Trinajstić information content (AvgIpc) is 2.61. The van der Waals surface area contributed by atoms with Crippen LogP contribution in [0.25, 0.3) is 0 Å². The van der Waals surface area contributed by atoms with Gasteiger partial charge in [0.2, 0.25) is 0 Å². The molecule has 0 radical (unpaired) electrons. The van der Waals surface area contributed by atoms with Gasteiger partial charge in [0, 0.05) is 35.5 Å². The van der Waals surface area contributed by atoms with Gasteiger partial charge in [0.25, 0.3) is 10.1 Å². The first kappa shape index (κ1) is 21.4. The zero-order chi connectivity index (χ0) is 20.3. The first-order chi connectivity index (χ1) is 13.2. The summed E-state index contributed by atoms with van der Waals surface area (Å²) in [6.07, 6.45) is 1.53. The van der Waals surface area contributed by atoms with Crippen molar-refractivity contribution in [3.63, 3.8) is 0 Å². The lowest BCUT2D eigenvalue weighted by molar-refractivity contribution is 0.250. The molecule has 3 rings (SSSR count). The Morgan fingerprint density at radius 1 is 1.11 bits per heavy atom. The highest BCUT2D eigenvalue weighted by atomic mass is 35.5. The molecule has 0 spiro atoms. The first-order valence-electron chi connectivity index (χ1n) is 8.96. The second-order valence-corrected chi connectivity index (χ2v) is 9.49. The van der Waals surface area contributed by atoms with Crippen molar-refractivity contribution in [1.82, 2.24) is 4.90 Å². The summed E-state index contributed by atoms with van der Waals surface area (Å²) < 4.78 is 32.4. The van der Waals surface area contributed by atoms with Gasteiger partial charge in [-0.3, -0.25) is 4.18 Å². The monoisotopic (exact) mass is 443 g/mol. The second-order valence-electron chi connectivity index (χ2n) is 7.00. The molecule has 1 heterocycles. The summed E-state index contributed by atoms with van der Waals surface area (Å²) in [4.78, 5) is 2.24. The van der Waals surface area contributed by atoms with Crippen molar-refractivity contribution in [3.8, 4) is 5.75 Å². The number of rotatable bonds is 7. The topological polar surface area (TPSA) is 55.8 Å². The Bertz CT molecular complexity index is 949. The molecule has 0 amide bonds. The third-order valence-corrected chi connectivity index (χ3v) is 5.79. The van der Waals surface area contributed by atoms with Crippen molar-refractivity contribution in [2.24, 2.45) is 0 Å². The van der Waals surface area contributed by atoms with Crippen LogP contribution in [0.1, 0.15) is 29.0 Å². The molecule has 1 aliphatic heterocycles.